The van der Waals surface area contributed by atoms with Crippen LogP contribution >= 0.6 is 11.6 Å². The van der Waals surface area contributed by atoms with Gasteiger partial charge in [-0.05, 0) is 30.5 Å². The Labute approximate surface area is 132 Å². The van der Waals surface area contributed by atoms with Crippen LogP contribution < -0.4 is 5.32 Å². The highest BCUT2D eigenvalue weighted by Crippen LogP contribution is 2.26. The second-order valence-electron chi connectivity index (χ2n) is 5.74. The van der Waals surface area contributed by atoms with Gasteiger partial charge in [0.2, 0.25) is 0 Å². The van der Waals surface area contributed by atoms with E-state index in [0.29, 0.717) is 5.92 Å². The van der Waals surface area contributed by atoms with Crippen molar-refractivity contribution in [3.05, 3.63) is 47.0 Å². The topological polar surface area (TPSA) is 29.9 Å². The van der Waals surface area contributed by atoms with Gasteiger partial charge in [-0.2, -0.15) is 0 Å². The number of rotatable bonds is 7. The average Bonchev–Trinajstić information content (AvgIpc) is 2.87. The lowest BCUT2D eigenvalue weighted by Gasteiger charge is -2.16. The van der Waals surface area contributed by atoms with Gasteiger partial charge in [0.05, 0.1) is 10.7 Å². The molecule has 4 heteroatoms. The Hall–Kier alpha value is -1.32. The first-order valence-electron chi connectivity index (χ1n) is 7.64. The largest absolute Gasteiger partial charge is 0.312 e. The molecule has 2 aromatic rings. The SMILES string of the molecule is CCCc1nccn1-c1c(Cl)cccc1CNCC(C)C. The van der Waals surface area contributed by atoms with Gasteiger partial charge in [-0.15, -0.1) is 0 Å². The molecule has 0 radical (unpaired) electrons. The number of nitrogens with zero attached hydrogens (tertiary/aromatic N) is 2. The first kappa shape index (κ1) is 16.1. The minimum atomic E-state index is 0.636. The summed E-state index contributed by atoms with van der Waals surface area (Å²) in [4.78, 5) is 4.46. The third-order valence-corrected chi connectivity index (χ3v) is 3.68. The van der Waals surface area contributed by atoms with Gasteiger partial charge >= 0.3 is 0 Å². The van der Waals surface area contributed by atoms with Crippen LogP contribution in [0.4, 0.5) is 0 Å². The molecule has 0 saturated carbocycles. The molecule has 0 atom stereocenters. The van der Waals surface area contributed by atoms with Crippen molar-refractivity contribution in [1.29, 1.82) is 0 Å². The Morgan fingerprint density at radius 2 is 2.14 bits per heavy atom. The van der Waals surface area contributed by atoms with Crippen LogP contribution in [0.25, 0.3) is 5.69 Å². The fraction of sp³-hybridized carbons (Fsp3) is 0.471. The van der Waals surface area contributed by atoms with Gasteiger partial charge in [0.1, 0.15) is 5.82 Å². The van der Waals surface area contributed by atoms with E-state index in [9.17, 15) is 0 Å². The normalized spacial score (nSPS) is 11.3. The fourth-order valence-corrected chi connectivity index (χ4v) is 2.70. The van der Waals surface area contributed by atoms with Gasteiger partial charge in [0, 0.05) is 25.4 Å². The number of benzene rings is 1. The first-order chi connectivity index (χ1) is 10.1. The number of halogens is 1. The molecule has 114 valence electrons. The van der Waals surface area contributed by atoms with E-state index in [1.807, 2.05) is 24.5 Å². The molecule has 0 aliphatic rings. The number of para-hydroxylation sites is 1. The number of aromatic nitrogens is 2. The summed E-state index contributed by atoms with van der Waals surface area (Å²) in [6.07, 6.45) is 5.87. The molecule has 1 aromatic carbocycles. The number of imidazole rings is 1. The molecular formula is C17H24ClN3. The molecular weight excluding hydrogens is 282 g/mol. The molecule has 0 unspecified atom stereocenters. The van der Waals surface area contributed by atoms with E-state index in [1.54, 1.807) is 0 Å². The number of aryl methyl sites for hydroxylation is 1. The van der Waals surface area contributed by atoms with E-state index in [-0.39, 0.29) is 0 Å². The maximum Gasteiger partial charge on any atom is 0.113 e. The Morgan fingerprint density at radius 3 is 2.86 bits per heavy atom. The molecule has 0 fully saturated rings. The standard InChI is InChI=1S/C17H24ClN3/c1-4-6-16-20-9-10-21(16)17-14(7-5-8-15(17)18)12-19-11-13(2)3/h5,7-10,13,19H,4,6,11-12H2,1-3H3. The third-order valence-electron chi connectivity index (χ3n) is 3.37. The van der Waals surface area contributed by atoms with Gasteiger partial charge in [-0.3, -0.25) is 0 Å². The van der Waals surface area contributed by atoms with Crippen LogP contribution in [0.15, 0.2) is 30.6 Å². The summed E-state index contributed by atoms with van der Waals surface area (Å²) in [6, 6.07) is 6.08. The third kappa shape index (κ3) is 4.08. The Bertz CT molecular complexity index is 575. The molecule has 0 amide bonds. The predicted molar refractivity (Wildman–Crippen MR) is 89.1 cm³/mol. The lowest BCUT2D eigenvalue weighted by molar-refractivity contribution is 0.551. The lowest BCUT2D eigenvalue weighted by Crippen LogP contribution is -2.20. The maximum atomic E-state index is 6.46. The van der Waals surface area contributed by atoms with Crippen molar-refractivity contribution >= 4 is 11.6 Å². The molecule has 1 aromatic heterocycles. The molecule has 1 N–H and O–H groups in total. The van der Waals surface area contributed by atoms with Crippen molar-refractivity contribution in [3.8, 4) is 5.69 Å². The van der Waals surface area contributed by atoms with E-state index in [2.05, 4.69) is 41.7 Å². The zero-order chi connectivity index (χ0) is 15.2. The van der Waals surface area contributed by atoms with Crippen LogP contribution in [-0.2, 0) is 13.0 Å². The number of nitrogens with one attached hydrogen (secondary N) is 1. The smallest absolute Gasteiger partial charge is 0.113 e. The molecule has 0 saturated heterocycles. The van der Waals surface area contributed by atoms with E-state index in [0.717, 1.165) is 42.5 Å². The van der Waals surface area contributed by atoms with Crippen molar-refractivity contribution < 1.29 is 0 Å². The molecule has 21 heavy (non-hydrogen) atoms. The molecule has 1 heterocycles. The Kier molecular flexibility index (Phi) is 5.83. The summed E-state index contributed by atoms with van der Waals surface area (Å²) >= 11 is 6.46. The zero-order valence-corrected chi connectivity index (χ0v) is 13.8. The molecule has 0 spiro atoms. The van der Waals surface area contributed by atoms with Crippen LogP contribution in [0.2, 0.25) is 5.02 Å². The summed E-state index contributed by atoms with van der Waals surface area (Å²) in [6.45, 7) is 8.40. The Balaban J connectivity index is 2.31. The molecule has 2 rings (SSSR count). The quantitative estimate of drug-likeness (QED) is 0.830. The van der Waals surface area contributed by atoms with Gasteiger partial charge in [0.15, 0.2) is 0 Å². The van der Waals surface area contributed by atoms with Crippen LogP contribution in [0.3, 0.4) is 0 Å². The first-order valence-corrected chi connectivity index (χ1v) is 8.02. The molecule has 0 bridgehead atoms. The van der Waals surface area contributed by atoms with Gasteiger partial charge in [0.25, 0.3) is 0 Å². The summed E-state index contributed by atoms with van der Waals surface area (Å²) in [5.41, 5.74) is 2.26. The van der Waals surface area contributed by atoms with Crippen LogP contribution in [-0.4, -0.2) is 16.1 Å². The van der Waals surface area contributed by atoms with Crippen molar-refractivity contribution in [2.75, 3.05) is 6.54 Å². The minimum Gasteiger partial charge on any atom is -0.312 e. The highest BCUT2D eigenvalue weighted by molar-refractivity contribution is 6.32. The second kappa shape index (κ2) is 7.62. The lowest BCUT2D eigenvalue weighted by atomic mass is 10.1. The van der Waals surface area contributed by atoms with Gasteiger partial charge in [-0.1, -0.05) is 44.5 Å². The zero-order valence-electron chi connectivity index (χ0n) is 13.1. The molecule has 3 nitrogen and oxygen atoms in total. The predicted octanol–water partition coefficient (Wildman–Crippen LogP) is 4.22. The monoisotopic (exact) mass is 305 g/mol. The van der Waals surface area contributed by atoms with Crippen LogP contribution in [0.1, 0.15) is 38.6 Å². The second-order valence-corrected chi connectivity index (χ2v) is 6.14. The van der Waals surface area contributed by atoms with Gasteiger partial charge < -0.3 is 9.88 Å². The van der Waals surface area contributed by atoms with Crippen LogP contribution in [0.5, 0.6) is 0 Å². The van der Waals surface area contributed by atoms with Crippen molar-refractivity contribution in [2.45, 2.75) is 40.2 Å². The van der Waals surface area contributed by atoms with Crippen LogP contribution in [0, 0.1) is 5.92 Å². The Morgan fingerprint density at radius 1 is 1.33 bits per heavy atom. The summed E-state index contributed by atoms with van der Waals surface area (Å²) in [7, 11) is 0. The highest BCUT2D eigenvalue weighted by atomic mass is 35.5. The molecule has 0 aliphatic carbocycles. The van der Waals surface area contributed by atoms with Crippen molar-refractivity contribution in [1.82, 2.24) is 14.9 Å². The maximum absolute atomic E-state index is 6.46. The fourth-order valence-electron chi connectivity index (χ4n) is 2.41. The van der Waals surface area contributed by atoms with Crippen molar-refractivity contribution in [3.63, 3.8) is 0 Å². The van der Waals surface area contributed by atoms with E-state index in [1.165, 1.54) is 5.56 Å². The highest BCUT2D eigenvalue weighted by Gasteiger charge is 2.12. The van der Waals surface area contributed by atoms with Crippen molar-refractivity contribution in [2.24, 2.45) is 5.92 Å². The van der Waals surface area contributed by atoms with E-state index in [4.69, 9.17) is 11.6 Å². The van der Waals surface area contributed by atoms with E-state index >= 15 is 0 Å². The average molecular weight is 306 g/mol. The summed E-state index contributed by atoms with van der Waals surface area (Å²) in [5.74, 6) is 1.70. The van der Waals surface area contributed by atoms with Gasteiger partial charge in [-0.25, -0.2) is 4.98 Å². The summed E-state index contributed by atoms with van der Waals surface area (Å²) in [5, 5.41) is 4.26. The number of hydrogen-bond donors (Lipinski definition) is 1. The number of hydrogen-bond acceptors (Lipinski definition) is 2. The summed E-state index contributed by atoms with van der Waals surface area (Å²) < 4.78 is 2.12. The molecule has 0 aliphatic heterocycles. The van der Waals surface area contributed by atoms with E-state index < -0.39 is 0 Å². The minimum absolute atomic E-state index is 0.636.